The SMILES string of the molecule is COc1ccc(/C=C(/C#N)c2cccc(F)c2)cc1I. The predicted molar refractivity (Wildman–Crippen MR) is 85.6 cm³/mol. The van der Waals surface area contributed by atoms with Crippen LogP contribution in [0.2, 0.25) is 0 Å². The van der Waals surface area contributed by atoms with Gasteiger partial charge < -0.3 is 4.74 Å². The Balaban J connectivity index is 2.42. The monoisotopic (exact) mass is 379 g/mol. The maximum absolute atomic E-state index is 13.2. The van der Waals surface area contributed by atoms with Gasteiger partial charge in [-0.3, -0.25) is 0 Å². The molecule has 100 valence electrons. The molecule has 20 heavy (non-hydrogen) atoms. The van der Waals surface area contributed by atoms with E-state index in [1.54, 1.807) is 25.3 Å². The molecule has 0 bridgehead atoms. The van der Waals surface area contributed by atoms with Crippen LogP contribution < -0.4 is 4.74 Å². The summed E-state index contributed by atoms with van der Waals surface area (Å²) in [5, 5.41) is 9.23. The molecule has 0 N–H and O–H groups in total. The fourth-order valence-electron chi connectivity index (χ4n) is 1.78. The molecule has 0 fully saturated rings. The predicted octanol–water partition coefficient (Wildman–Crippen LogP) is 4.50. The molecule has 2 aromatic rings. The van der Waals surface area contributed by atoms with E-state index >= 15 is 0 Å². The number of allylic oxidation sites excluding steroid dienone is 1. The van der Waals surface area contributed by atoms with E-state index in [2.05, 4.69) is 28.7 Å². The lowest BCUT2D eigenvalue weighted by atomic mass is 10.0. The molecular formula is C16H11FINO. The van der Waals surface area contributed by atoms with E-state index in [1.807, 2.05) is 18.2 Å². The minimum absolute atomic E-state index is 0.354. The summed E-state index contributed by atoms with van der Waals surface area (Å²) >= 11 is 2.17. The van der Waals surface area contributed by atoms with Crippen LogP contribution in [0.25, 0.3) is 11.6 Å². The quantitative estimate of drug-likeness (QED) is 0.447. The van der Waals surface area contributed by atoms with Crippen molar-refractivity contribution in [2.24, 2.45) is 0 Å². The first-order valence-corrected chi connectivity index (χ1v) is 6.93. The number of benzene rings is 2. The van der Waals surface area contributed by atoms with Crippen LogP contribution in [-0.2, 0) is 0 Å². The summed E-state index contributed by atoms with van der Waals surface area (Å²) in [6.45, 7) is 0. The summed E-state index contributed by atoms with van der Waals surface area (Å²) in [7, 11) is 1.61. The Morgan fingerprint density at radius 3 is 2.70 bits per heavy atom. The molecule has 0 unspecified atom stereocenters. The number of nitriles is 1. The first-order chi connectivity index (χ1) is 9.63. The molecule has 0 spiro atoms. The second-order valence-electron chi connectivity index (χ2n) is 4.07. The Kier molecular flexibility index (Phi) is 4.74. The van der Waals surface area contributed by atoms with Crippen LogP contribution >= 0.6 is 22.6 Å². The third-order valence-electron chi connectivity index (χ3n) is 2.74. The van der Waals surface area contributed by atoms with Gasteiger partial charge in [0.05, 0.1) is 22.3 Å². The highest BCUT2D eigenvalue weighted by molar-refractivity contribution is 14.1. The molecule has 0 aliphatic rings. The van der Waals surface area contributed by atoms with Crippen LogP contribution in [-0.4, -0.2) is 7.11 Å². The van der Waals surface area contributed by atoms with Crippen molar-refractivity contribution >= 4 is 34.2 Å². The molecule has 0 aliphatic carbocycles. The highest BCUT2D eigenvalue weighted by Crippen LogP contribution is 2.24. The van der Waals surface area contributed by atoms with Gasteiger partial charge in [-0.05, 0) is 64.1 Å². The number of hydrogen-bond donors (Lipinski definition) is 0. The Bertz CT molecular complexity index is 704. The zero-order valence-electron chi connectivity index (χ0n) is 10.7. The van der Waals surface area contributed by atoms with Crippen molar-refractivity contribution in [3.63, 3.8) is 0 Å². The Morgan fingerprint density at radius 2 is 2.10 bits per heavy atom. The number of methoxy groups -OCH3 is 1. The van der Waals surface area contributed by atoms with Gasteiger partial charge in [0.1, 0.15) is 11.6 Å². The van der Waals surface area contributed by atoms with Gasteiger partial charge in [0.2, 0.25) is 0 Å². The number of hydrogen-bond acceptors (Lipinski definition) is 2. The highest BCUT2D eigenvalue weighted by atomic mass is 127. The van der Waals surface area contributed by atoms with Gasteiger partial charge in [0.25, 0.3) is 0 Å². The summed E-state index contributed by atoms with van der Waals surface area (Å²) in [6, 6.07) is 13.7. The minimum atomic E-state index is -0.354. The zero-order chi connectivity index (χ0) is 14.5. The molecular weight excluding hydrogens is 368 g/mol. The van der Waals surface area contributed by atoms with Gasteiger partial charge in [-0.2, -0.15) is 5.26 Å². The normalized spacial score (nSPS) is 11.0. The van der Waals surface area contributed by atoms with E-state index in [0.29, 0.717) is 11.1 Å². The molecule has 2 aromatic carbocycles. The van der Waals surface area contributed by atoms with Crippen molar-refractivity contribution in [2.75, 3.05) is 7.11 Å². The Labute approximate surface area is 130 Å². The van der Waals surface area contributed by atoms with Gasteiger partial charge in [0.15, 0.2) is 0 Å². The van der Waals surface area contributed by atoms with Crippen LogP contribution in [0.1, 0.15) is 11.1 Å². The van der Waals surface area contributed by atoms with Crippen LogP contribution in [0.3, 0.4) is 0 Å². The van der Waals surface area contributed by atoms with E-state index in [1.165, 1.54) is 12.1 Å². The van der Waals surface area contributed by atoms with Gasteiger partial charge in [-0.15, -0.1) is 0 Å². The number of rotatable bonds is 3. The maximum Gasteiger partial charge on any atom is 0.132 e. The van der Waals surface area contributed by atoms with Crippen molar-refractivity contribution in [1.82, 2.24) is 0 Å². The second-order valence-corrected chi connectivity index (χ2v) is 5.24. The van der Waals surface area contributed by atoms with Crippen molar-refractivity contribution in [3.8, 4) is 11.8 Å². The van der Waals surface area contributed by atoms with Crippen molar-refractivity contribution in [2.45, 2.75) is 0 Å². The zero-order valence-corrected chi connectivity index (χ0v) is 12.9. The molecule has 2 rings (SSSR count). The van der Waals surface area contributed by atoms with E-state index < -0.39 is 0 Å². The molecule has 2 nitrogen and oxygen atoms in total. The molecule has 0 atom stereocenters. The Morgan fingerprint density at radius 1 is 1.30 bits per heavy atom. The standard InChI is InChI=1S/C16H11FINO/c1-20-16-6-5-11(8-15(16)18)7-13(10-19)12-3-2-4-14(17)9-12/h2-9H,1H3/b13-7-. The van der Waals surface area contributed by atoms with Crippen molar-refractivity contribution in [1.29, 1.82) is 5.26 Å². The summed E-state index contributed by atoms with van der Waals surface area (Å²) in [5.74, 6) is 0.431. The fourth-order valence-corrected chi connectivity index (χ4v) is 2.53. The number of ether oxygens (including phenoxy) is 1. The van der Waals surface area contributed by atoms with E-state index in [-0.39, 0.29) is 5.82 Å². The lowest BCUT2D eigenvalue weighted by Crippen LogP contribution is -1.88. The Hall–Kier alpha value is -1.87. The summed E-state index contributed by atoms with van der Waals surface area (Å²) < 4.78 is 19.4. The van der Waals surface area contributed by atoms with Crippen LogP contribution in [0.15, 0.2) is 42.5 Å². The van der Waals surface area contributed by atoms with E-state index in [4.69, 9.17) is 4.74 Å². The lowest BCUT2D eigenvalue weighted by molar-refractivity contribution is 0.412. The summed E-state index contributed by atoms with van der Waals surface area (Å²) in [6.07, 6.45) is 1.73. The number of halogens is 2. The first-order valence-electron chi connectivity index (χ1n) is 5.85. The van der Waals surface area contributed by atoms with Gasteiger partial charge in [-0.1, -0.05) is 18.2 Å². The summed E-state index contributed by atoms with van der Waals surface area (Å²) in [5.41, 5.74) is 1.86. The third-order valence-corrected chi connectivity index (χ3v) is 3.59. The molecule has 0 radical (unpaired) electrons. The minimum Gasteiger partial charge on any atom is -0.496 e. The third kappa shape index (κ3) is 3.36. The average molecular weight is 379 g/mol. The lowest BCUT2D eigenvalue weighted by Gasteiger charge is -2.04. The summed E-state index contributed by atoms with van der Waals surface area (Å²) in [4.78, 5) is 0. The average Bonchev–Trinajstić information content (AvgIpc) is 2.45. The smallest absolute Gasteiger partial charge is 0.132 e. The maximum atomic E-state index is 13.2. The van der Waals surface area contributed by atoms with Crippen LogP contribution in [0, 0.1) is 20.7 Å². The van der Waals surface area contributed by atoms with Gasteiger partial charge in [0, 0.05) is 0 Å². The van der Waals surface area contributed by atoms with E-state index in [9.17, 15) is 9.65 Å². The van der Waals surface area contributed by atoms with Crippen LogP contribution in [0.5, 0.6) is 5.75 Å². The molecule has 4 heteroatoms. The van der Waals surface area contributed by atoms with Gasteiger partial charge in [-0.25, -0.2) is 4.39 Å². The van der Waals surface area contributed by atoms with Crippen molar-refractivity contribution in [3.05, 3.63) is 63.0 Å². The second kappa shape index (κ2) is 6.53. The van der Waals surface area contributed by atoms with Gasteiger partial charge >= 0.3 is 0 Å². The topological polar surface area (TPSA) is 33.0 Å². The first kappa shape index (κ1) is 14.5. The van der Waals surface area contributed by atoms with Crippen molar-refractivity contribution < 1.29 is 9.13 Å². The molecule has 0 aromatic heterocycles. The van der Waals surface area contributed by atoms with E-state index in [0.717, 1.165) is 14.9 Å². The number of nitrogens with zero attached hydrogens (tertiary/aromatic N) is 1. The highest BCUT2D eigenvalue weighted by Gasteiger charge is 2.04. The molecule has 0 saturated heterocycles. The van der Waals surface area contributed by atoms with Crippen LogP contribution in [0.4, 0.5) is 4.39 Å². The molecule has 0 saturated carbocycles. The fraction of sp³-hybridized carbons (Fsp3) is 0.0625. The molecule has 0 amide bonds. The molecule has 0 aliphatic heterocycles. The largest absolute Gasteiger partial charge is 0.496 e. The molecule has 0 heterocycles.